The molecule has 2 unspecified atom stereocenters. The summed E-state index contributed by atoms with van der Waals surface area (Å²) in [6.45, 7) is 2.67. The third kappa shape index (κ3) is 3.42. The zero-order chi connectivity index (χ0) is 16.9. The predicted octanol–water partition coefficient (Wildman–Crippen LogP) is 3.03. The maximum Gasteiger partial charge on any atom is 0.329 e. The predicted molar refractivity (Wildman–Crippen MR) is 93.4 cm³/mol. The number of aliphatic hydroxyl groups excluding tert-OH is 1. The van der Waals surface area contributed by atoms with E-state index >= 15 is 0 Å². The Morgan fingerprint density at radius 2 is 1.67 bits per heavy atom. The van der Waals surface area contributed by atoms with Crippen molar-refractivity contribution >= 4 is 17.4 Å². The van der Waals surface area contributed by atoms with Crippen LogP contribution in [-0.4, -0.2) is 47.9 Å². The maximum absolute atomic E-state index is 13.3. The topological polar surface area (TPSA) is 53.0 Å². The molecule has 2 aromatic carbocycles. The molecule has 0 radical (unpaired) electrons. The fourth-order valence-electron chi connectivity index (χ4n) is 2.85. The van der Waals surface area contributed by atoms with Crippen molar-refractivity contribution in [3.8, 4) is 0 Å². The number of morpholine rings is 1. The van der Waals surface area contributed by atoms with E-state index in [0.29, 0.717) is 13.2 Å². The van der Waals surface area contributed by atoms with Crippen molar-refractivity contribution in [3.05, 3.63) is 60.7 Å². The summed E-state index contributed by atoms with van der Waals surface area (Å²) in [6.07, 6.45) is -0.335. The Morgan fingerprint density at radius 1 is 1.12 bits per heavy atom. The standard InChI is InChI=1S/C19H22N2O3/c1-15-14-24-18(13-22)12-20(15)19(23)21(16-8-4-2-5-9-16)17-10-6-3-7-11-17/h2-11,15,18,22H,12-14H2,1H3. The lowest BCUT2D eigenvalue weighted by atomic mass is 10.2. The first kappa shape index (κ1) is 16.5. The molecule has 0 aromatic heterocycles. The lowest BCUT2D eigenvalue weighted by molar-refractivity contribution is -0.0617. The van der Waals surface area contributed by atoms with Crippen LogP contribution in [0.4, 0.5) is 16.2 Å². The van der Waals surface area contributed by atoms with Crippen molar-refractivity contribution in [2.45, 2.75) is 19.1 Å². The van der Waals surface area contributed by atoms with Gasteiger partial charge in [-0.1, -0.05) is 36.4 Å². The van der Waals surface area contributed by atoms with E-state index in [1.165, 1.54) is 0 Å². The summed E-state index contributed by atoms with van der Waals surface area (Å²) in [5, 5.41) is 9.37. The zero-order valence-corrected chi connectivity index (χ0v) is 13.7. The van der Waals surface area contributed by atoms with Crippen LogP contribution in [0.2, 0.25) is 0 Å². The summed E-state index contributed by atoms with van der Waals surface area (Å²) in [7, 11) is 0. The molecule has 2 amide bonds. The van der Waals surface area contributed by atoms with Crippen LogP contribution in [0.3, 0.4) is 0 Å². The van der Waals surface area contributed by atoms with Gasteiger partial charge in [0.25, 0.3) is 0 Å². The lowest BCUT2D eigenvalue weighted by Crippen LogP contribution is -2.55. The van der Waals surface area contributed by atoms with E-state index < -0.39 is 0 Å². The average Bonchev–Trinajstić information content (AvgIpc) is 2.64. The summed E-state index contributed by atoms with van der Waals surface area (Å²) in [5.41, 5.74) is 1.63. The normalized spacial score (nSPS) is 20.7. The first-order valence-electron chi connectivity index (χ1n) is 8.14. The molecule has 0 saturated carbocycles. The molecule has 2 aromatic rings. The number of hydrogen-bond acceptors (Lipinski definition) is 3. The summed E-state index contributed by atoms with van der Waals surface area (Å²) in [5.74, 6) is 0. The van der Waals surface area contributed by atoms with E-state index in [0.717, 1.165) is 11.4 Å². The fraction of sp³-hybridized carbons (Fsp3) is 0.316. The number of nitrogens with zero attached hydrogens (tertiary/aromatic N) is 2. The second-order valence-electron chi connectivity index (χ2n) is 5.93. The number of amides is 2. The molecule has 3 rings (SSSR count). The molecule has 5 nitrogen and oxygen atoms in total. The highest BCUT2D eigenvalue weighted by Gasteiger charge is 2.33. The van der Waals surface area contributed by atoms with Gasteiger partial charge in [0.2, 0.25) is 0 Å². The average molecular weight is 326 g/mol. The van der Waals surface area contributed by atoms with Crippen molar-refractivity contribution in [2.75, 3.05) is 24.7 Å². The fourth-order valence-corrected chi connectivity index (χ4v) is 2.85. The molecule has 2 atom stereocenters. The molecule has 1 heterocycles. The second-order valence-corrected chi connectivity index (χ2v) is 5.93. The first-order chi connectivity index (χ1) is 11.7. The van der Waals surface area contributed by atoms with Crippen LogP contribution in [-0.2, 0) is 4.74 Å². The van der Waals surface area contributed by atoms with Crippen LogP contribution in [0.1, 0.15) is 6.92 Å². The summed E-state index contributed by atoms with van der Waals surface area (Å²) in [4.78, 5) is 16.8. The minimum Gasteiger partial charge on any atom is -0.394 e. The van der Waals surface area contributed by atoms with Crippen LogP contribution < -0.4 is 4.90 Å². The molecule has 0 aliphatic carbocycles. The van der Waals surface area contributed by atoms with E-state index in [2.05, 4.69) is 0 Å². The molecular formula is C19H22N2O3. The summed E-state index contributed by atoms with van der Waals surface area (Å²) in [6, 6.07) is 19.0. The molecule has 1 aliphatic rings. The van der Waals surface area contributed by atoms with E-state index in [-0.39, 0.29) is 24.8 Å². The Labute approximate surface area is 142 Å². The van der Waals surface area contributed by atoms with E-state index in [1.807, 2.05) is 67.6 Å². The zero-order valence-electron chi connectivity index (χ0n) is 13.7. The second kappa shape index (κ2) is 7.47. The first-order valence-corrected chi connectivity index (χ1v) is 8.14. The number of urea groups is 1. The minimum absolute atomic E-state index is 0.0461. The SMILES string of the molecule is CC1COC(CO)CN1C(=O)N(c1ccccc1)c1ccccc1. The Hall–Kier alpha value is -2.37. The van der Waals surface area contributed by atoms with Gasteiger partial charge in [-0.05, 0) is 31.2 Å². The van der Waals surface area contributed by atoms with Crippen molar-refractivity contribution in [2.24, 2.45) is 0 Å². The molecule has 1 saturated heterocycles. The molecule has 126 valence electrons. The van der Waals surface area contributed by atoms with E-state index in [4.69, 9.17) is 4.74 Å². The summed E-state index contributed by atoms with van der Waals surface area (Å²) >= 11 is 0. The van der Waals surface area contributed by atoms with Gasteiger partial charge in [0.05, 0.1) is 43.3 Å². The Kier molecular flexibility index (Phi) is 5.13. The van der Waals surface area contributed by atoms with Gasteiger partial charge in [-0.25, -0.2) is 4.79 Å². The van der Waals surface area contributed by atoms with Gasteiger partial charge in [-0.3, -0.25) is 4.90 Å². The van der Waals surface area contributed by atoms with Gasteiger partial charge >= 0.3 is 6.03 Å². The van der Waals surface area contributed by atoms with Gasteiger partial charge < -0.3 is 14.7 Å². The highest BCUT2D eigenvalue weighted by Crippen LogP contribution is 2.28. The van der Waals surface area contributed by atoms with Crippen molar-refractivity contribution < 1.29 is 14.6 Å². The number of carbonyl (C=O) groups excluding carboxylic acids is 1. The minimum atomic E-state index is -0.335. The third-order valence-electron chi connectivity index (χ3n) is 4.17. The van der Waals surface area contributed by atoms with Gasteiger partial charge in [0.15, 0.2) is 0 Å². The highest BCUT2D eigenvalue weighted by molar-refractivity contribution is 5.99. The van der Waals surface area contributed by atoms with E-state index in [1.54, 1.807) is 9.80 Å². The molecule has 24 heavy (non-hydrogen) atoms. The number of benzene rings is 2. The summed E-state index contributed by atoms with van der Waals surface area (Å²) < 4.78 is 5.55. The van der Waals surface area contributed by atoms with Crippen molar-refractivity contribution in [1.29, 1.82) is 0 Å². The molecule has 1 fully saturated rings. The maximum atomic E-state index is 13.3. The van der Waals surface area contributed by atoms with Crippen LogP contribution in [0.5, 0.6) is 0 Å². The van der Waals surface area contributed by atoms with Gasteiger partial charge in [-0.15, -0.1) is 0 Å². The van der Waals surface area contributed by atoms with Crippen molar-refractivity contribution in [3.63, 3.8) is 0 Å². The monoisotopic (exact) mass is 326 g/mol. The Bertz CT molecular complexity index is 623. The molecule has 5 heteroatoms. The van der Waals surface area contributed by atoms with E-state index in [9.17, 15) is 9.90 Å². The largest absolute Gasteiger partial charge is 0.394 e. The van der Waals surface area contributed by atoms with Crippen LogP contribution >= 0.6 is 0 Å². The number of carbonyl (C=O) groups is 1. The Morgan fingerprint density at radius 3 is 2.17 bits per heavy atom. The van der Waals surface area contributed by atoms with Gasteiger partial charge in [0, 0.05) is 0 Å². The van der Waals surface area contributed by atoms with Crippen molar-refractivity contribution in [1.82, 2.24) is 4.90 Å². The van der Waals surface area contributed by atoms with Crippen LogP contribution in [0.25, 0.3) is 0 Å². The molecule has 1 aliphatic heterocycles. The number of para-hydroxylation sites is 2. The highest BCUT2D eigenvalue weighted by atomic mass is 16.5. The molecule has 1 N–H and O–H groups in total. The van der Waals surface area contributed by atoms with Crippen LogP contribution in [0.15, 0.2) is 60.7 Å². The lowest BCUT2D eigenvalue weighted by Gasteiger charge is -2.40. The van der Waals surface area contributed by atoms with Gasteiger partial charge in [-0.2, -0.15) is 0 Å². The number of aliphatic hydroxyl groups is 1. The quantitative estimate of drug-likeness (QED) is 0.943. The van der Waals surface area contributed by atoms with Crippen LogP contribution in [0, 0.1) is 0 Å². The molecular weight excluding hydrogens is 304 g/mol. The number of anilines is 2. The third-order valence-corrected chi connectivity index (χ3v) is 4.17. The smallest absolute Gasteiger partial charge is 0.329 e. The number of ether oxygens (including phenoxy) is 1. The Balaban J connectivity index is 1.95. The number of hydrogen-bond donors (Lipinski definition) is 1. The molecule has 0 spiro atoms. The van der Waals surface area contributed by atoms with Gasteiger partial charge in [0.1, 0.15) is 0 Å². The molecule has 0 bridgehead atoms. The number of rotatable bonds is 3.